The molecule has 2 saturated heterocycles. The third-order valence-corrected chi connectivity index (χ3v) is 6.31. The van der Waals surface area contributed by atoms with E-state index in [0.717, 1.165) is 50.4 Å². The van der Waals surface area contributed by atoms with E-state index < -0.39 is 5.60 Å². The lowest BCUT2D eigenvalue weighted by molar-refractivity contribution is 0.00534. The second kappa shape index (κ2) is 8.40. The number of para-hydroxylation sites is 2. The number of amides is 1. The summed E-state index contributed by atoms with van der Waals surface area (Å²) < 4.78 is 17.1. The highest BCUT2D eigenvalue weighted by Crippen LogP contribution is 2.32. The van der Waals surface area contributed by atoms with Crippen molar-refractivity contribution < 1.29 is 24.1 Å². The lowest BCUT2D eigenvalue weighted by Gasteiger charge is -2.36. The maximum Gasteiger partial charge on any atom is 0.410 e. The fraction of sp³-hybridized carbons (Fsp3) is 0.682. The van der Waals surface area contributed by atoms with Crippen LogP contribution < -0.4 is 9.47 Å². The Morgan fingerprint density at radius 3 is 2.55 bits per heavy atom. The molecule has 29 heavy (non-hydrogen) atoms. The van der Waals surface area contributed by atoms with Gasteiger partial charge in [0.05, 0.1) is 11.6 Å². The second-order valence-corrected chi connectivity index (χ2v) is 8.97. The number of cyclic esters (lactones) is 1. The zero-order valence-electron chi connectivity index (χ0n) is 17.4. The van der Waals surface area contributed by atoms with Crippen LogP contribution in [0, 0.1) is 5.92 Å². The maximum absolute atomic E-state index is 12.0. The zero-order chi connectivity index (χ0) is 20.4. The number of hydrogen-bond donors (Lipinski definition) is 1. The topological polar surface area (TPSA) is 71.5 Å². The molecule has 1 N–H and O–H groups in total. The van der Waals surface area contributed by atoms with Crippen LogP contribution in [0.4, 0.5) is 4.79 Å². The first-order chi connectivity index (χ1) is 13.9. The van der Waals surface area contributed by atoms with Crippen LogP contribution in [0.1, 0.15) is 33.1 Å². The van der Waals surface area contributed by atoms with Crippen LogP contribution >= 0.6 is 0 Å². The molecule has 0 aliphatic carbocycles. The number of rotatable bonds is 6. The summed E-state index contributed by atoms with van der Waals surface area (Å²) in [6, 6.07) is 7.56. The summed E-state index contributed by atoms with van der Waals surface area (Å²) in [5, 5.41) is 10.3. The highest BCUT2D eigenvalue weighted by molar-refractivity contribution is 5.70. The highest BCUT2D eigenvalue weighted by atomic mass is 16.6. The molecular weight excluding hydrogens is 372 g/mol. The zero-order valence-corrected chi connectivity index (χ0v) is 17.4. The predicted octanol–water partition coefficient (Wildman–Crippen LogP) is 2.52. The smallest absolute Gasteiger partial charge is 0.410 e. The summed E-state index contributed by atoms with van der Waals surface area (Å²) in [7, 11) is 0. The van der Waals surface area contributed by atoms with E-state index in [2.05, 4.69) is 4.90 Å². The number of piperidine rings is 1. The van der Waals surface area contributed by atoms with E-state index in [0.29, 0.717) is 19.1 Å². The Hall–Kier alpha value is -1.99. The van der Waals surface area contributed by atoms with Gasteiger partial charge in [0.1, 0.15) is 19.3 Å². The molecule has 0 radical (unpaired) electrons. The van der Waals surface area contributed by atoms with Gasteiger partial charge >= 0.3 is 6.09 Å². The van der Waals surface area contributed by atoms with E-state index in [9.17, 15) is 9.90 Å². The number of aliphatic hydroxyl groups is 1. The molecule has 3 aliphatic rings. The molecule has 0 saturated carbocycles. The van der Waals surface area contributed by atoms with E-state index in [1.807, 2.05) is 24.3 Å². The SMILES string of the molecule is CC(C)(O)C1COC(=O)N1CCC1CCN(CC2COc3ccccc3O2)CC1. The van der Waals surface area contributed by atoms with Gasteiger partial charge < -0.3 is 19.3 Å². The van der Waals surface area contributed by atoms with Gasteiger partial charge in [-0.3, -0.25) is 9.80 Å². The summed E-state index contributed by atoms with van der Waals surface area (Å²) in [5.41, 5.74) is -0.948. The average molecular weight is 405 g/mol. The number of hydrogen-bond acceptors (Lipinski definition) is 6. The van der Waals surface area contributed by atoms with Gasteiger partial charge in [0.2, 0.25) is 0 Å². The van der Waals surface area contributed by atoms with Crippen LogP contribution in [0.15, 0.2) is 24.3 Å². The van der Waals surface area contributed by atoms with Crippen molar-refractivity contribution in [1.82, 2.24) is 9.80 Å². The Balaban J connectivity index is 1.21. The van der Waals surface area contributed by atoms with E-state index in [4.69, 9.17) is 14.2 Å². The summed E-state index contributed by atoms with van der Waals surface area (Å²) >= 11 is 0. The number of benzene rings is 1. The third kappa shape index (κ3) is 4.78. The molecule has 1 aromatic carbocycles. The van der Waals surface area contributed by atoms with Crippen molar-refractivity contribution in [2.75, 3.05) is 39.4 Å². The predicted molar refractivity (Wildman–Crippen MR) is 108 cm³/mol. The van der Waals surface area contributed by atoms with Crippen molar-refractivity contribution >= 4 is 6.09 Å². The van der Waals surface area contributed by atoms with Gasteiger partial charge in [0, 0.05) is 13.1 Å². The quantitative estimate of drug-likeness (QED) is 0.786. The Morgan fingerprint density at radius 2 is 1.83 bits per heavy atom. The second-order valence-electron chi connectivity index (χ2n) is 8.97. The van der Waals surface area contributed by atoms with E-state index >= 15 is 0 Å². The van der Waals surface area contributed by atoms with Gasteiger partial charge in [-0.2, -0.15) is 0 Å². The number of likely N-dealkylation sites (tertiary alicyclic amines) is 1. The molecule has 7 nitrogen and oxygen atoms in total. The fourth-order valence-electron chi connectivity index (χ4n) is 4.50. The summed E-state index contributed by atoms with van der Waals surface area (Å²) in [6.45, 7) is 7.92. The minimum Gasteiger partial charge on any atom is -0.486 e. The van der Waals surface area contributed by atoms with Crippen LogP contribution in [0.3, 0.4) is 0 Å². The van der Waals surface area contributed by atoms with Crippen molar-refractivity contribution in [3.63, 3.8) is 0 Å². The summed E-state index contributed by atoms with van der Waals surface area (Å²) in [6.07, 6.45) is 2.93. The molecular formula is C22H32N2O5. The van der Waals surface area contributed by atoms with Crippen molar-refractivity contribution in [2.24, 2.45) is 5.92 Å². The van der Waals surface area contributed by atoms with E-state index in [-0.39, 0.29) is 24.8 Å². The van der Waals surface area contributed by atoms with Crippen molar-refractivity contribution in [2.45, 2.75) is 50.9 Å². The number of ether oxygens (including phenoxy) is 3. The molecule has 0 aromatic heterocycles. The molecule has 2 fully saturated rings. The monoisotopic (exact) mass is 404 g/mol. The standard InChI is InChI=1S/C22H32N2O5/c1-22(2,26)20-15-28-21(25)24(20)12-9-16-7-10-23(11-8-16)13-17-14-27-18-5-3-4-6-19(18)29-17/h3-6,16-17,20,26H,7-15H2,1-2H3. The van der Waals surface area contributed by atoms with Crippen molar-refractivity contribution in [3.8, 4) is 11.5 Å². The molecule has 3 aliphatic heterocycles. The van der Waals surface area contributed by atoms with Gasteiger partial charge in [-0.25, -0.2) is 4.79 Å². The molecule has 0 spiro atoms. The fourth-order valence-corrected chi connectivity index (χ4v) is 4.50. The van der Waals surface area contributed by atoms with Crippen LogP contribution in [0.5, 0.6) is 11.5 Å². The van der Waals surface area contributed by atoms with Crippen LogP contribution in [0.2, 0.25) is 0 Å². The lowest BCUT2D eigenvalue weighted by atomic mass is 9.92. The summed E-state index contributed by atoms with van der Waals surface area (Å²) in [5.74, 6) is 2.25. The highest BCUT2D eigenvalue weighted by Gasteiger charge is 2.42. The maximum atomic E-state index is 12.0. The number of carbonyl (C=O) groups excluding carboxylic acids is 1. The molecule has 2 atom stereocenters. The molecule has 4 rings (SSSR count). The Bertz CT molecular complexity index is 711. The number of carbonyl (C=O) groups is 1. The first-order valence-corrected chi connectivity index (χ1v) is 10.7. The largest absolute Gasteiger partial charge is 0.486 e. The van der Waals surface area contributed by atoms with Gasteiger partial charge in [0.25, 0.3) is 0 Å². The van der Waals surface area contributed by atoms with Crippen LogP contribution in [0.25, 0.3) is 0 Å². The van der Waals surface area contributed by atoms with Crippen LogP contribution in [-0.4, -0.2) is 78.1 Å². The van der Waals surface area contributed by atoms with Gasteiger partial charge in [-0.1, -0.05) is 12.1 Å². The minimum absolute atomic E-state index is 0.0633. The van der Waals surface area contributed by atoms with Gasteiger partial charge in [-0.05, 0) is 64.3 Å². The van der Waals surface area contributed by atoms with Crippen molar-refractivity contribution in [3.05, 3.63) is 24.3 Å². The number of fused-ring (bicyclic) bond motifs is 1. The molecule has 0 bridgehead atoms. The van der Waals surface area contributed by atoms with Crippen LogP contribution in [-0.2, 0) is 4.74 Å². The molecule has 160 valence electrons. The van der Waals surface area contributed by atoms with E-state index in [1.54, 1.807) is 18.7 Å². The lowest BCUT2D eigenvalue weighted by Crippen LogP contribution is -2.49. The minimum atomic E-state index is -0.948. The Morgan fingerprint density at radius 1 is 1.10 bits per heavy atom. The molecule has 2 unspecified atom stereocenters. The summed E-state index contributed by atoms with van der Waals surface area (Å²) in [4.78, 5) is 16.2. The third-order valence-electron chi connectivity index (χ3n) is 6.31. The van der Waals surface area contributed by atoms with E-state index in [1.165, 1.54) is 0 Å². The first-order valence-electron chi connectivity index (χ1n) is 10.7. The average Bonchev–Trinajstić information content (AvgIpc) is 3.08. The Labute approximate surface area is 172 Å². The molecule has 3 heterocycles. The Kier molecular flexibility index (Phi) is 5.88. The molecule has 1 aromatic rings. The normalized spacial score (nSPS) is 25.9. The molecule has 7 heteroatoms. The number of nitrogens with zero attached hydrogens (tertiary/aromatic N) is 2. The first kappa shape index (κ1) is 20.3. The van der Waals surface area contributed by atoms with Crippen molar-refractivity contribution in [1.29, 1.82) is 0 Å². The van der Waals surface area contributed by atoms with Gasteiger partial charge in [-0.15, -0.1) is 0 Å². The van der Waals surface area contributed by atoms with Gasteiger partial charge in [0.15, 0.2) is 11.5 Å². The molecule has 1 amide bonds.